The molecular weight excluding hydrogens is 284 g/mol. The zero-order valence-corrected chi connectivity index (χ0v) is 14.1. The Kier molecular flexibility index (Phi) is 4.95. The van der Waals surface area contributed by atoms with Gasteiger partial charge in [-0.05, 0) is 64.4 Å². The molecule has 21 heavy (non-hydrogen) atoms. The number of nitrogens with one attached hydrogen (secondary N) is 1. The van der Waals surface area contributed by atoms with Crippen LogP contribution in [0.25, 0.3) is 0 Å². The number of likely N-dealkylation sites (tertiary alicyclic amines) is 1. The van der Waals surface area contributed by atoms with Gasteiger partial charge in [-0.25, -0.2) is 0 Å². The first-order valence-corrected chi connectivity index (χ1v) is 7.96. The van der Waals surface area contributed by atoms with Crippen LogP contribution in [0.2, 0.25) is 5.02 Å². The number of nitrogens with zero attached hydrogens (tertiary/aromatic N) is 1. The summed E-state index contributed by atoms with van der Waals surface area (Å²) in [5.74, 6) is 0.109. The molecule has 0 unspecified atom stereocenters. The predicted molar refractivity (Wildman–Crippen MR) is 87.6 cm³/mol. The van der Waals surface area contributed by atoms with Crippen LogP contribution in [0.5, 0.6) is 0 Å². The molecule has 2 rings (SSSR count). The molecule has 0 radical (unpaired) electrons. The van der Waals surface area contributed by atoms with Crippen molar-refractivity contribution in [1.82, 2.24) is 10.2 Å². The van der Waals surface area contributed by atoms with Crippen molar-refractivity contribution >= 4 is 17.5 Å². The lowest BCUT2D eigenvalue weighted by Crippen LogP contribution is -2.43. The fraction of sp³-hybridized carbons (Fsp3) is 0.588. The molecule has 1 amide bonds. The molecule has 1 fully saturated rings. The van der Waals surface area contributed by atoms with Gasteiger partial charge in [0.05, 0.1) is 5.54 Å². The summed E-state index contributed by atoms with van der Waals surface area (Å²) in [4.78, 5) is 14.6. The second-order valence-corrected chi connectivity index (χ2v) is 6.97. The van der Waals surface area contributed by atoms with Gasteiger partial charge in [0.2, 0.25) is 5.91 Å². The second kappa shape index (κ2) is 6.37. The van der Waals surface area contributed by atoms with Gasteiger partial charge in [0, 0.05) is 17.5 Å². The molecule has 0 saturated carbocycles. The van der Waals surface area contributed by atoms with E-state index in [0.29, 0.717) is 12.5 Å². The van der Waals surface area contributed by atoms with Gasteiger partial charge in [-0.15, -0.1) is 0 Å². The molecule has 1 aromatic carbocycles. The second-order valence-electron chi connectivity index (χ2n) is 6.57. The van der Waals surface area contributed by atoms with Crippen molar-refractivity contribution in [3.05, 3.63) is 34.3 Å². The van der Waals surface area contributed by atoms with Crippen molar-refractivity contribution in [1.29, 1.82) is 0 Å². The average Bonchev–Trinajstić information content (AvgIpc) is 2.77. The minimum atomic E-state index is -0.413. The normalized spacial score (nSPS) is 19.8. The molecule has 0 aliphatic carbocycles. The van der Waals surface area contributed by atoms with Crippen molar-refractivity contribution in [2.24, 2.45) is 0 Å². The molecule has 0 spiro atoms. The lowest BCUT2D eigenvalue weighted by molar-refractivity contribution is -0.123. The van der Waals surface area contributed by atoms with Gasteiger partial charge in [0.15, 0.2) is 0 Å². The van der Waals surface area contributed by atoms with Gasteiger partial charge < -0.3 is 10.2 Å². The number of amides is 1. The fourth-order valence-electron chi connectivity index (χ4n) is 3.20. The minimum absolute atomic E-state index is 0.109. The van der Waals surface area contributed by atoms with Crippen LogP contribution in [0.1, 0.15) is 44.2 Å². The summed E-state index contributed by atoms with van der Waals surface area (Å²) in [6, 6.07) is 6.22. The van der Waals surface area contributed by atoms with E-state index in [-0.39, 0.29) is 5.91 Å². The van der Waals surface area contributed by atoms with Crippen molar-refractivity contribution in [3.8, 4) is 0 Å². The fourth-order valence-corrected chi connectivity index (χ4v) is 3.38. The Hall–Kier alpha value is -1.06. The molecule has 1 atom stereocenters. The Bertz CT molecular complexity index is 528. The first-order valence-electron chi connectivity index (χ1n) is 7.58. The van der Waals surface area contributed by atoms with E-state index in [1.54, 1.807) is 0 Å². The Morgan fingerprint density at radius 2 is 2.19 bits per heavy atom. The summed E-state index contributed by atoms with van der Waals surface area (Å²) in [5, 5.41) is 3.90. The first kappa shape index (κ1) is 16.3. The maximum atomic E-state index is 12.4. The zero-order chi connectivity index (χ0) is 15.6. The number of hydrogen-bond acceptors (Lipinski definition) is 2. The molecule has 1 N–H and O–H groups in total. The minimum Gasteiger partial charge on any atom is -0.347 e. The Balaban J connectivity index is 2.06. The highest BCUT2D eigenvalue weighted by Crippen LogP contribution is 2.28. The van der Waals surface area contributed by atoms with Crippen LogP contribution in [0.3, 0.4) is 0 Å². The largest absolute Gasteiger partial charge is 0.347 e. The van der Waals surface area contributed by atoms with E-state index in [2.05, 4.69) is 17.3 Å². The van der Waals surface area contributed by atoms with E-state index < -0.39 is 5.54 Å². The van der Waals surface area contributed by atoms with E-state index in [1.807, 2.05) is 39.0 Å². The van der Waals surface area contributed by atoms with Crippen LogP contribution in [0.15, 0.2) is 18.2 Å². The van der Waals surface area contributed by atoms with E-state index in [0.717, 1.165) is 29.1 Å². The SMILES string of the molecule is Cc1c(Cl)cccc1C(C)(C)NC(=O)C[C@H]1CCCN1C. The van der Waals surface area contributed by atoms with Crippen molar-refractivity contribution < 1.29 is 4.79 Å². The molecule has 0 bridgehead atoms. The smallest absolute Gasteiger partial charge is 0.222 e. The third-order valence-corrected chi connectivity index (χ3v) is 4.89. The van der Waals surface area contributed by atoms with E-state index >= 15 is 0 Å². The first-order chi connectivity index (χ1) is 9.81. The van der Waals surface area contributed by atoms with Crippen molar-refractivity contribution in [2.45, 2.75) is 51.6 Å². The average molecular weight is 309 g/mol. The summed E-state index contributed by atoms with van der Waals surface area (Å²) < 4.78 is 0. The lowest BCUT2D eigenvalue weighted by Gasteiger charge is -2.30. The summed E-state index contributed by atoms with van der Waals surface area (Å²) >= 11 is 6.19. The number of carbonyl (C=O) groups is 1. The van der Waals surface area contributed by atoms with Crippen molar-refractivity contribution in [3.63, 3.8) is 0 Å². The van der Waals surface area contributed by atoms with E-state index in [4.69, 9.17) is 11.6 Å². The maximum Gasteiger partial charge on any atom is 0.222 e. The standard InChI is InChI=1S/C17H25ClN2O/c1-12-14(8-5-9-15(12)18)17(2,3)19-16(21)11-13-7-6-10-20(13)4/h5,8-9,13H,6-7,10-11H2,1-4H3,(H,19,21)/t13-/m1/s1. The quantitative estimate of drug-likeness (QED) is 0.923. The third-order valence-electron chi connectivity index (χ3n) is 4.49. The lowest BCUT2D eigenvalue weighted by atomic mass is 9.90. The molecule has 0 aromatic heterocycles. The molecule has 1 heterocycles. The van der Waals surface area contributed by atoms with Gasteiger partial charge in [-0.2, -0.15) is 0 Å². The highest BCUT2D eigenvalue weighted by Gasteiger charge is 2.28. The molecule has 1 aliphatic heterocycles. The Morgan fingerprint density at radius 3 is 2.81 bits per heavy atom. The van der Waals surface area contributed by atoms with Crippen LogP contribution in [-0.2, 0) is 10.3 Å². The summed E-state index contributed by atoms with van der Waals surface area (Å²) in [5.41, 5.74) is 1.69. The van der Waals surface area contributed by atoms with E-state index in [9.17, 15) is 4.79 Å². The third kappa shape index (κ3) is 3.78. The molecule has 1 aromatic rings. The van der Waals surface area contributed by atoms with Crippen LogP contribution in [0.4, 0.5) is 0 Å². The Morgan fingerprint density at radius 1 is 1.48 bits per heavy atom. The van der Waals surface area contributed by atoms with Crippen LogP contribution >= 0.6 is 11.6 Å². The van der Waals surface area contributed by atoms with Crippen LogP contribution in [-0.4, -0.2) is 30.4 Å². The number of carbonyl (C=O) groups excluding carboxylic acids is 1. The number of rotatable bonds is 4. The van der Waals surface area contributed by atoms with Crippen molar-refractivity contribution in [2.75, 3.05) is 13.6 Å². The number of halogens is 1. The highest BCUT2D eigenvalue weighted by atomic mass is 35.5. The monoisotopic (exact) mass is 308 g/mol. The molecular formula is C17H25ClN2O. The van der Waals surface area contributed by atoms with Gasteiger partial charge in [0.25, 0.3) is 0 Å². The van der Waals surface area contributed by atoms with Gasteiger partial charge >= 0.3 is 0 Å². The summed E-state index contributed by atoms with van der Waals surface area (Å²) in [7, 11) is 2.09. The molecule has 4 heteroatoms. The maximum absolute atomic E-state index is 12.4. The molecule has 116 valence electrons. The topological polar surface area (TPSA) is 32.3 Å². The Labute approximate surface area is 132 Å². The van der Waals surface area contributed by atoms with E-state index in [1.165, 1.54) is 6.42 Å². The highest BCUT2D eigenvalue weighted by molar-refractivity contribution is 6.31. The summed E-state index contributed by atoms with van der Waals surface area (Å²) in [6.07, 6.45) is 2.87. The van der Waals surface area contributed by atoms with Gasteiger partial charge in [-0.1, -0.05) is 23.7 Å². The van der Waals surface area contributed by atoms with Gasteiger partial charge in [-0.3, -0.25) is 4.79 Å². The number of hydrogen-bond donors (Lipinski definition) is 1. The predicted octanol–water partition coefficient (Wildman–Crippen LogP) is 3.48. The zero-order valence-electron chi connectivity index (χ0n) is 13.4. The molecule has 3 nitrogen and oxygen atoms in total. The van der Waals surface area contributed by atoms with Crippen LogP contribution in [0, 0.1) is 6.92 Å². The van der Waals surface area contributed by atoms with Gasteiger partial charge in [0.1, 0.15) is 0 Å². The van der Waals surface area contributed by atoms with Crippen LogP contribution < -0.4 is 5.32 Å². The molecule has 1 aliphatic rings. The number of benzene rings is 1. The summed E-state index contributed by atoms with van der Waals surface area (Å²) in [6.45, 7) is 7.15. The molecule has 1 saturated heterocycles.